The predicted octanol–water partition coefficient (Wildman–Crippen LogP) is 5.02. The lowest BCUT2D eigenvalue weighted by atomic mass is 9.98. The monoisotopic (exact) mass is 368 g/mol. The van der Waals surface area contributed by atoms with Crippen LogP contribution in [0.4, 0.5) is 0 Å². The van der Waals surface area contributed by atoms with Crippen LogP contribution < -0.4 is 0 Å². The molecule has 0 radical (unpaired) electrons. The molecule has 1 heterocycles. The fourth-order valence-corrected chi connectivity index (χ4v) is 3.23. The molecule has 0 saturated heterocycles. The zero-order valence-corrected chi connectivity index (χ0v) is 15.6. The van der Waals surface area contributed by atoms with Crippen LogP contribution in [0.15, 0.2) is 54.7 Å². The summed E-state index contributed by atoms with van der Waals surface area (Å²) in [4.78, 5) is 10.9. The number of aromatic nitrogens is 2. The summed E-state index contributed by atoms with van der Waals surface area (Å²) in [5.74, 6) is -0.308. The van der Waals surface area contributed by atoms with Gasteiger partial charge in [0.15, 0.2) is 0 Å². The molecule has 4 nitrogen and oxygen atoms in total. The highest BCUT2D eigenvalue weighted by Crippen LogP contribution is 2.25. The fraction of sp³-hybridized carbons (Fsp3) is 0.238. The van der Waals surface area contributed by atoms with Gasteiger partial charge in [-0.3, -0.25) is 4.79 Å². The fourth-order valence-electron chi connectivity index (χ4n) is 2.97. The smallest absolute Gasteiger partial charge is 0.307 e. The zero-order chi connectivity index (χ0) is 18.7. The third-order valence-corrected chi connectivity index (χ3v) is 4.54. The first-order valence-electron chi connectivity index (χ1n) is 8.58. The topological polar surface area (TPSA) is 55.1 Å². The zero-order valence-electron chi connectivity index (χ0n) is 14.8. The summed E-state index contributed by atoms with van der Waals surface area (Å²) in [6.07, 6.45) is 2.42. The number of carbonyl (C=O) groups is 1. The summed E-state index contributed by atoms with van der Waals surface area (Å²) < 4.78 is 1.55. The lowest BCUT2D eigenvalue weighted by molar-refractivity contribution is -0.136. The maximum atomic E-state index is 10.9. The average molecular weight is 369 g/mol. The summed E-state index contributed by atoms with van der Waals surface area (Å²) in [6, 6.07) is 16.5. The van der Waals surface area contributed by atoms with Crippen LogP contribution in [0.1, 0.15) is 25.0 Å². The van der Waals surface area contributed by atoms with E-state index in [1.165, 1.54) is 17.3 Å². The minimum absolute atomic E-state index is 0.139. The van der Waals surface area contributed by atoms with Gasteiger partial charge in [-0.15, -0.1) is 0 Å². The van der Waals surface area contributed by atoms with Gasteiger partial charge in [-0.2, -0.15) is 5.10 Å². The quantitative estimate of drug-likeness (QED) is 0.664. The Bertz CT molecular complexity index is 914. The number of benzene rings is 2. The Kier molecular flexibility index (Phi) is 5.43. The number of carboxylic acids is 1. The van der Waals surface area contributed by atoms with E-state index in [1.807, 2.05) is 24.3 Å². The molecule has 2 aromatic carbocycles. The van der Waals surface area contributed by atoms with Crippen molar-refractivity contribution in [2.45, 2.75) is 26.7 Å². The Labute approximate surface area is 158 Å². The summed E-state index contributed by atoms with van der Waals surface area (Å²) in [5, 5.41) is 13.5. The van der Waals surface area contributed by atoms with Crippen LogP contribution in [0.2, 0.25) is 5.15 Å². The Morgan fingerprint density at radius 3 is 2.54 bits per heavy atom. The van der Waals surface area contributed by atoms with Gasteiger partial charge < -0.3 is 5.11 Å². The molecule has 26 heavy (non-hydrogen) atoms. The van der Waals surface area contributed by atoms with E-state index in [9.17, 15) is 4.79 Å². The Morgan fingerprint density at radius 2 is 1.88 bits per heavy atom. The Hall–Kier alpha value is -2.59. The van der Waals surface area contributed by atoms with E-state index in [0.717, 1.165) is 17.7 Å². The molecule has 0 aliphatic carbocycles. The van der Waals surface area contributed by atoms with Crippen molar-refractivity contribution in [2.75, 3.05) is 0 Å². The van der Waals surface area contributed by atoms with Gasteiger partial charge in [0.25, 0.3) is 0 Å². The lowest BCUT2D eigenvalue weighted by Crippen LogP contribution is -2.01. The lowest BCUT2D eigenvalue weighted by Gasteiger charge is -2.09. The van der Waals surface area contributed by atoms with Crippen molar-refractivity contribution in [1.29, 1.82) is 0 Å². The van der Waals surface area contributed by atoms with E-state index in [0.29, 0.717) is 16.6 Å². The maximum absolute atomic E-state index is 10.9. The second kappa shape index (κ2) is 7.75. The molecule has 0 saturated carbocycles. The van der Waals surface area contributed by atoms with Crippen LogP contribution in [0.3, 0.4) is 0 Å². The molecule has 0 unspecified atom stereocenters. The average Bonchev–Trinajstić information content (AvgIpc) is 2.95. The van der Waals surface area contributed by atoms with Crippen LogP contribution in [-0.2, 0) is 17.6 Å². The molecule has 0 atom stereocenters. The minimum atomic E-state index is -0.928. The molecule has 5 heteroatoms. The van der Waals surface area contributed by atoms with E-state index < -0.39 is 5.97 Å². The first kappa shape index (κ1) is 18.2. The normalized spacial score (nSPS) is 11.1. The van der Waals surface area contributed by atoms with Crippen molar-refractivity contribution in [2.24, 2.45) is 5.92 Å². The van der Waals surface area contributed by atoms with Gasteiger partial charge in [0.1, 0.15) is 5.15 Å². The molecule has 0 bridgehead atoms. The van der Waals surface area contributed by atoms with Crippen LogP contribution in [0.25, 0.3) is 16.8 Å². The Morgan fingerprint density at radius 1 is 1.15 bits per heavy atom. The number of aliphatic carboxylic acids is 1. The van der Waals surface area contributed by atoms with Crippen molar-refractivity contribution < 1.29 is 9.90 Å². The van der Waals surface area contributed by atoms with E-state index in [2.05, 4.69) is 43.2 Å². The van der Waals surface area contributed by atoms with E-state index >= 15 is 0 Å². The molecule has 0 amide bonds. The maximum Gasteiger partial charge on any atom is 0.307 e. The molecule has 1 N–H and O–H groups in total. The number of nitrogens with zero attached hydrogens (tertiary/aromatic N) is 2. The third-order valence-electron chi connectivity index (χ3n) is 4.14. The summed E-state index contributed by atoms with van der Waals surface area (Å²) in [6.45, 7) is 4.43. The Balaban J connectivity index is 1.85. The van der Waals surface area contributed by atoms with Crippen LogP contribution in [0, 0.1) is 5.92 Å². The highest BCUT2D eigenvalue weighted by Gasteiger charge is 2.13. The highest BCUT2D eigenvalue weighted by atomic mass is 35.5. The van der Waals surface area contributed by atoms with E-state index in [4.69, 9.17) is 16.7 Å². The standard InChI is InChI=1S/C21H21ClN2O2/c1-14(2)10-15-4-3-5-17(11-15)16-6-8-19(9-7-16)24-21(22)18(13-23-24)12-20(25)26/h3-9,11,13-14H,10,12H2,1-2H3,(H,25,26). The minimum Gasteiger partial charge on any atom is -0.481 e. The van der Waals surface area contributed by atoms with Crippen molar-refractivity contribution in [3.05, 3.63) is 71.0 Å². The number of rotatable bonds is 6. The highest BCUT2D eigenvalue weighted by molar-refractivity contribution is 6.30. The molecular weight excluding hydrogens is 348 g/mol. The number of carboxylic acid groups (broad SMARTS) is 1. The molecule has 1 aromatic heterocycles. The van der Waals surface area contributed by atoms with Gasteiger partial charge in [0.2, 0.25) is 0 Å². The second-order valence-electron chi connectivity index (χ2n) is 6.79. The largest absolute Gasteiger partial charge is 0.481 e. The van der Waals surface area contributed by atoms with Gasteiger partial charge in [-0.1, -0.05) is 61.8 Å². The van der Waals surface area contributed by atoms with Crippen molar-refractivity contribution in [3.8, 4) is 16.8 Å². The number of halogens is 1. The van der Waals surface area contributed by atoms with Crippen molar-refractivity contribution in [1.82, 2.24) is 9.78 Å². The number of hydrogen-bond acceptors (Lipinski definition) is 2. The van der Waals surface area contributed by atoms with Crippen molar-refractivity contribution in [3.63, 3.8) is 0 Å². The van der Waals surface area contributed by atoms with Crippen LogP contribution in [-0.4, -0.2) is 20.9 Å². The van der Waals surface area contributed by atoms with E-state index in [1.54, 1.807) is 4.68 Å². The summed E-state index contributed by atoms with van der Waals surface area (Å²) in [7, 11) is 0. The van der Waals surface area contributed by atoms with Gasteiger partial charge in [0.05, 0.1) is 18.3 Å². The third kappa shape index (κ3) is 4.14. The van der Waals surface area contributed by atoms with Gasteiger partial charge in [0, 0.05) is 5.56 Å². The molecule has 0 aliphatic rings. The second-order valence-corrected chi connectivity index (χ2v) is 7.15. The van der Waals surface area contributed by atoms with Crippen LogP contribution in [0.5, 0.6) is 0 Å². The molecule has 0 fully saturated rings. The molecule has 3 rings (SSSR count). The summed E-state index contributed by atoms with van der Waals surface area (Å²) >= 11 is 6.27. The molecular formula is C21H21ClN2O2. The predicted molar refractivity (Wildman–Crippen MR) is 104 cm³/mol. The molecule has 134 valence electrons. The molecule has 0 aliphatic heterocycles. The number of hydrogen-bond donors (Lipinski definition) is 1. The summed E-state index contributed by atoms with van der Waals surface area (Å²) in [5.41, 5.74) is 4.93. The SMILES string of the molecule is CC(C)Cc1cccc(-c2ccc(-n3ncc(CC(=O)O)c3Cl)cc2)c1. The van der Waals surface area contributed by atoms with Crippen LogP contribution >= 0.6 is 11.6 Å². The van der Waals surface area contributed by atoms with E-state index in [-0.39, 0.29) is 6.42 Å². The molecule has 0 spiro atoms. The van der Waals surface area contributed by atoms with Gasteiger partial charge in [-0.25, -0.2) is 4.68 Å². The van der Waals surface area contributed by atoms with Gasteiger partial charge >= 0.3 is 5.97 Å². The van der Waals surface area contributed by atoms with Crippen molar-refractivity contribution >= 4 is 17.6 Å². The first-order valence-corrected chi connectivity index (χ1v) is 8.96. The first-order chi connectivity index (χ1) is 12.4. The van der Waals surface area contributed by atoms with Gasteiger partial charge in [-0.05, 0) is 41.2 Å². The molecule has 3 aromatic rings.